The van der Waals surface area contributed by atoms with Gasteiger partial charge in [0.15, 0.2) is 5.17 Å². The fraction of sp³-hybridized carbons (Fsp3) is 0.300. The molecule has 204 valence electrons. The number of nitrogens with one attached hydrogen (secondary N) is 1. The highest BCUT2D eigenvalue weighted by molar-refractivity contribution is 8.15. The molecule has 1 aliphatic rings. The SMILES string of the molecule is CCCCCCOc1ccc(NC(=O)C2CC(=O)N(Cc3ccc(F)cc3)C(=Nc3cccc(Cl)c3)S2)cc1. The summed E-state index contributed by atoms with van der Waals surface area (Å²) in [5.74, 6) is -0.138. The van der Waals surface area contributed by atoms with Crippen molar-refractivity contribution in [2.75, 3.05) is 11.9 Å². The van der Waals surface area contributed by atoms with Crippen molar-refractivity contribution in [3.8, 4) is 5.75 Å². The predicted molar refractivity (Wildman–Crippen MR) is 156 cm³/mol. The van der Waals surface area contributed by atoms with Gasteiger partial charge in [-0.25, -0.2) is 9.38 Å². The highest BCUT2D eigenvalue weighted by Gasteiger charge is 2.36. The summed E-state index contributed by atoms with van der Waals surface area (Å²) in [5, 5.41) is 3.12. The molecule has 1 saturated heterocycles. The fourth-order valence-electron chi connectivity index (χ4n) is 4.00. The monoisotopic (exact) mass is 567 g/mol. The minimum absolute atomic E-state index is 0.00517. The molecule has 0 radical (unpaired) electrons. The van der Waals surface area contributed by atoms with Crippen LogP contribution < -0.4 is 10.1 Å². The van der Waals surface area contributed by atoms with Crippen LogP contribution in [0.25, 0.3) is 0 Å². The Labute approximate surface area is 237 Å². The van der Waals surface area contributed by atoms with Gasteiger partial charge in [0, 0.05) is 17.1 Å². The summed E-state index contributed by atoms with van der Waals surface area (Å²) in [4.78, 5) is 32.6. The number of carbonyl (C=O) groups excluding carboxylic acids is 2. The van der Waals surface area contributed by atoms with E-state index in [1.54, 1.807) is 48.5 Å². The third-order valence-corrected chi connectivity index (χ3v) is 7.53. The molecule has 4 rings (SSSR count). The first-order valence-corrected chi connectivity index (χ1v) is 14.3. The van der Waals surface area contributed by atoms with E-state index in [0.717, 1.165) is 24.2 Å². The van der Waals surface area contributed by atoms with Gasteiger partial charge in [-0.15, -0.1) is 0 Å². The van der Waals surface area contributed by atoms with E-state index in [4.69, 9.17) is 16.3 Å². The molecule has 3 aromatic rings. The van der Waals surface area contributed by atoms with Crippen molar-refractivity contribution in [1.29, 1.82) is 0 Å². The molecule has 6 nitrogen and oxygen atoms in total. The number of amidine groups is 1. The van der Waals surface area contributed by atoms with Gasteiger partial charge in [-0.2, -0.15) is 0 Å². The van der Waals surface area contributed by atoms with E-state index >= 15 is 0 Å². The number of aliphatic imine (C=N–C) groups is 1. The number of benzene rings is 3. The van der Waals surface area contributed by atoms with Crippen LogP contribution in [0.5, 0.6) is 5.75 Å². The van der Waals surface area contributed by atoms with E-state index in [1.165, 1.54) is 41.6 Å². The Hall–Kier alpha value is -3.36. The second-order valence-electron chi connectivity index (χ2n) is 9.21. The number of hydrogen-bond donors (Lipinski definition) is 1. The number of rotatable bonds is 11. The van der Waals surface area contributed by atoms with Crippen LogP contribution in [0.1, 0.15) is 44.6 Å². The molecule has 0 spiro atoms. The van der Waals surface area contributed by atoms with Gasteiger partial charge >= 0.3 is 0 Å². The molecule has 1 fully saturated rings. The normalized spacial score (nSPS) is 16.4. The van der Waals surface area contributed by atoms with E-state index in [-0.39, 0.29) is 30.6 Å². The maximum absolute atomic E-state index is 13.4. The van der Waals surface area contributed by atoms with Crippen LogP contribution in [0.4, 0.5) is 15.8 Å². The Balaban J connectivity index is 1.45. The molecule has 1 heterocycles. The Morgan fingerprint density at radius 1 is 1.10 bits per heavy atom. The largest absolute Gasteiger partial charge is 0.494 e. The number of halogens is 2. The number of thioether (sulfide) groups is 1. The van der Waals surface area contributed by atoms with E-state index in [2.05, 4.69) is 17.2 Å². The van der Waals surface area contributed by atoms with E-state index < -0.39 is 5.25 Å². The lowest BCUT2D eigenvalue weighted by molar-refractivity contribution is -0.129. The topological polar surface area (TPSA) is 71.0 Å². The summed E-state index contributed by atoms with van der Waals surface area (Å²) in [7, 11) is 0. The highest BCUT2D eigenvalue weighted by atomic mass is 35.5. The third kappa shape index (κ3) is 8.57. The van der Waals surface area contributed by atoms with Gasteiger partial charge in [-0.3, -0.25) is 14.5 Å². The van der Waals surface area contributed by atoms with Gasteiger partial charge in [0.25, 0.3) is 0 Å². The summed E-state index contributed by atoms with van der Waals surface area (Å²) in [5.41, 5.74) is 1.93. The van der Waals surface area contributed by atoms with Crippen LogP contribution >= 0.6 is 23.4 Å². The highest BCUT2D eigenvalue weighted by Crippen LogP contribution is 2.32. The zero-order valence-corrected chi connectivity index (χ0v) is 23.3. The number of amides is 2. The smallest absolute Gasteiger partial charge is 0.238 e. The number of unbranched alkanes of at least 4 members (excludes halogenated alkanes) is 3. The molecule has 0 bridgehead atoms. The molecular weight excluding hydrogens is 537 g/mol. The van der Waals surface area contributed by atoms with Crippen LogP contribution in [0.15, 0.2) is 77.8 Å². The zero-order valence-electron chi connectivity index (χ0n) is 21.7. The number of hydrogen-bond acceptors (Lipinski definition) is 5. The molecule has 0 aliphatic carbocycles. The number of ether oxygens (including phenoxy) is 1. The van der Waals surface area contributed by atoms with Crippen molar-refractivity contribution in [3.63, 3.8) is 0 Å². The molecule has 1 unspecified atom stereocenters. The summed E-state index contributed by atoms with van der Waals surface area (Å²) < 4.78 is 19.2. The summed E-state index contributed by atoms with van der Waals surface area (Å²) in [6, 6.07) is 20.1. The Morgan fingerprint density at radius 3 is 2.59 bits per heavy atom. The quantitative estimate of drug-likeness (QED) is 0.242. The molecule has 9 heteroatoms. The average Bonchev–Trinajstić information content (AvgIpc) is 2.92. The van der Waals surface area contributed by atoms with Crippen LogP contribution in [0.3, 0.4) is 0 Å². The Kier molecular flexibility index (Phi) is 10.4. The molecule has 2 amide bonds. The third-order valence-electron chi connectivity index (χ3n) is 6.11. The molecule has 39 heavy (non-hydrogen) atoms. The first kappa shape index (κ1) is 28.6. The minimum Gasteiger partial charge on any atom is -0.494 e. The molecule has 1 atom stereocenters. The summed E-state index contributed by atoms with van der Waals surface area (Å²) in [6.07, 6.45) is 4.54. The van der Waals surface area contributed by atoms with Gasteiger partial charge in [-0.1, -0.05) is 67.7 Å². The van der Waals surface area contributed by atoms with Gasteiger partial charge in [0.1, 0.15) is 16.8 Å². The lowest BCUT2D eigenvalue weighted by Crippen LogP contribution is -2.44. The Bertz CT molecular complexity index is 1300. The zero-order chi connectivity index (χ0) is 27.6. The molecule has 1 N–H and O–H groups in total. The number of carbonyl (C=O) groups is 2. The molecule has 0 aromatic heterocycles. The fourth-order valence-corrected chi connectivity index (χ4v) is 5.28. The van der Waals surface area contributed by atoms with E-state index in [1.807, 2.05) is 12.1 Å². The second-order valence-corrected chi connectivity index (χ2v) is 10.8. The maximum atomic E-state index is 13.4. The average molecular weight is 568 g/mol. The van der Waals surface area contributed by atoms with Gasteiger partial charge < -0.3 is 10.1 Å². The van der Waals surface area contributed by atoms with Crippen LogP contribution in [-0.4, -0.2) is 33.7 Å². The van der Waals surface area contributed by atoms with Crippen molar-refractivity contribution in [2.24, 2.45) is 4.99 Å². The van der Waals surface area contributed by atoms with Crippen molar-refractivity contribution < 1.29 is 18.7 Å². The standard InChI is InChI=1S/C30H31ClFN3O3S/c1-2-3-4-5-17-38-26-15-13-24(14-16-26)33-29(37)27-19-28(36)35(20-21-9-11-23(32)12-10-21)30(39-27)34-25-8-6-7-22(31)18-25/h6-16,18,27H,2-5,17,19-20H2,1H3,(H,33,37). The first-order chi connectivity index (χ1) is 18.9. The molecule has 0 saturated carbocycles. The summed E-state index contributed by atoms with van der Waals surface area (Å²) in [6.45, 7) is 3.04. The predicted octanol–water partition coefficient (Wildman–Crippen LogP) is 7.60. The van der Waals surface area contributed by atoms with E-state index in [0.29, 0.717) is 28.2 Å². The molecular formula is C30H31ClFN3O3S. The van der Waals surface area contributed by atoms with Gasteiger partial charge in [-0.05, 0) is 66.6 Å². The van der Waals surface area contributed by atoms with Gasteiger partial charge in [0.05, 0.1) is 18.8 Å². The van der Waals surface area contributed by atoms with Gasteiger partial charge in [0.2, 0.25) is 11.8 Å². The Morgan fingerprint density at radius 2 is 1.87 bits per heavy atom. The lowest BCUT2D eigenvalue weighted by atomic mass is 10.2. The summed E-state index contributed by atoms with van der Waals surface area (Å²) >= 11 is 7.35. The van der Waals surface area contributed by atoms with Crippen LogP contribution in [0, 0.1) is 5.82 Å². The van der Waals surface area contributed by atoms with Crippen molar-refractivity contribution in [2.45, 2.75) is 50.8 Å². The number of nitrogens with zero attached hydrogens (tertiary/aromatic N) is 2. The lowest BCUT2D eigenvalue weighted by Gasteiger charge is -2.32. The first-order valence-electron chi connectivity index (χ1n) is 13.0. The van der Waals surface area contributed by atoms with Crippen LogP contribution in [-0.2, 0) is 16.1 Å². The van der Waals surface area contributed by atoms with E-state index in [9.17, 15) is 14.0 Å². The van der Waals surface area contributed by atoms with Crippen molar-refractivity contribution in [1.82, 2.24) is 4.90 Å². The van der Waals surface area contributed by atoms with Crippen molar-refractivity contribution >= 4 is 51.7 Å². The number of anilines is 1. The maximum Gasteiger partial charge on any atom is 0.238 e. The molecule has 1 aliphatic heterocycles. The second kappa shape index (κ2) is 14.1. The molecule has 3 aromatic carbocycles. The van der Waals surface area contributed by atoms with Crippen molar-refractivity contribution in [3.05, 3.63) is 89.2 Å². The minimum atomic E-state index is -0.672. The van der Waals surface area contributed by atoms with Crippen LogP contribution in [0.2, 0.25) is 5.02 Å².